The van der Waals surface area contributed by atoms with Crippen LogP contribution in [-0.4, -0.2) is 18.4 Å². The summed E-state index contributed by atoms with van der Waals surface area (Å²) in [5.74, 6) is -0.369. The summed E-state index contributed by atoms with van der Waals surface area (Å²) in [4.78, 5) is 26.9. The number of rotatable bonds is 6. The largest absolute Gasteiger partial charge is 0.426 e. The van der Waals surface area contributed by atoms with Crippen LogP contribution in [0.3, 0.4) is 0 Å². The van der Waals surface area contributed by atoms with Crippen LogP contribution in [0, 0.1) is 5.92 Å². The van der Waals surface area contributed by atoms with E-state index in [1.807, 2.05) is 66.7 Å². The molecule has 32 heavy (non-hydrogen) atoms. The van der Waals surface area contributed by atoms with Gasteiger partial charge in [0.15, 0.2) is 0 Å². The van der Waals surface area contributed by atoms with Gasteiger partial charge in [0.2, 0.25) is 5.91 Å². The van der Waals surface area contributed by atoms with E-state index in [0.717, 1.165) is 17.7 Å². The molecule has 4 heteroatoms. The Morgan fingerprint density at radius 1 is 0.938 bits per heavy atom. The number of esters is 1. The lowest BCUT2D eigenvalue weighted by Gasteiger charge is -2.26. The number of benzene rings is 3. The molecule has 0 bridgehead atoms. The van der Waals surface area contributed by atoms with Gasteiger partial charge in [-0.1, -0.05) is 75.4 Å². The van der Waals surface area contributed by atoms with Crippen molar-refractivity contribution >= 4 is 17.6 Å². The van der Waals surface area contributed by atoms with Crippen molar-refractivity contribution in [3.8, 4) is 5.75 Å². The van der Waals surface area contributed by atoms with E-state index >= 15 is 0 Å². The summed E-state index contributed by atoms with van der Waals surface area (Å²) >= 11 is 0. The topological polar surface area (TPSA) is 46.6 Å². The highest BCUT2D eigenvalue weighted by Crippen LogP contribution is 2.33. The molecule has 1 fully saturated rings. The van der Waals surface area contributed by atoms with Gasteiger partial charge >= 0.3 is 5.97 Å². The van der Waals surface area contributed by atoms with E-state index < -0.39 is 5.92 Å². The number of hydrogen-bond acceptors (Lipinski definition) is 3. The van der Waals surface area contributed by atoms with Crippen LogP contribution in [-0.2, 0) is 21.4 Å². The van der Waals surface area contributed by atoms with Crippen molar-refractivity contribution in [3.05, 3.63) is 95.6 Å². The number of carbonyl (C=O) groups excluding carboxylic acids is 2. The molecule has 1 heterocycles. The minimum atomic E-state index is -0.464. The van der Waals surface area contributed by atoms with E-state index in [4.69, 9.17) is 4.74 Å². The van der Waals surface area contributed by atoms with Crippen molar-refractivity contribution in [1.82, 2.24) is 0 Å². The van der Waals surface area contributed by atoms with Crippen LogP contribution in [0.4, 0.5) is 5.69 Å². The second kappa shape index (κ2) is 8.99. The Kier molecular flexibility index (Phi) is 6.13. The van der Waals surface area contributed by atoms with Crippen molar-refractivity contribution in [3.63, 3.8) is 0 Å². The summed E-state index contributed by atoms with van der Waals surface area (Å²) in [5, 5.41) is 0. The summed E-state index contributed by atoms with van der Waals surface area (Å²) in [6, 6.07) is 25.9. The van der Waals surface area contributed by atoms with E-state index in [9.17, 15) is 9.59 Å². The maximum absolute atomic E-state index is 12.7. The number of nitrogens with zero attached hydrogens (tertiary/aromatic N) is 1. The lowest BCUT2D eigenvalue weighted by molar-refractivity contribution is -0.139. The fourth-order valence-corrected chi connectivity index (χ4v) is 4.19. The lowest BCUT2D eigenvalue weighted by Crippen LogP contribution is -2.27. The Balaban J connectivity index is 1.41. The van der Waals surface area contributed by atoms with Crippen molar-refractivity contribution in [2.24, 2.45) is 5.92 Å². The Hall–Kier alpha value is -3.40. The first-order chi connectivity index (χ1) is 15.4. The average Bonchev–Trinajstić information content (AvgIpc) is 3.22. The highest BCUT2D eigenvalue weighted by molar-refractivity contribution is 5.99. The minimum absolute atomic E-state index is 0.0452. The van der Waals surface area contributed by atoms with Crippen LogP contribution in [0.15, 0.2) is 78.9 Å². The smallest absolute Gasteiger partial charge is 0.316 e. The first-order valence-electron chi connectivity index (χ1n) is 11.2. The van der Waals surface area contributed by atoms with Crippen LogP contribution in [0.1, 0.15) is 43.9 Å². The minimum Gasteiger partial charge on any atom is -0.426 e. The number of hydrogen-bond donors (Lipinski definition) is 0. The van der Waals surface area contributed by atoms with Crippen LogP contribution in [0.2, 0.25) is 0 Å². The molecule has 0 unspecified atom stereocenters. The standard InChI is InChI=1S/C28H29NO3/c1-4-20-10-14-24(15-11-20)29-19-21(18-26(29)30)27(31)32-25-16-12-23(13-17-25)28(2,3)22-8-6-5-7-9-22/h5-17,21H,4,18-19H2,1-3H3/t21-/m0/s1. The molecule has 0 N–H and O–H groups in total. The van der Waals surface area contributed by atoms with Crippen molar-refractivity contribution in [1.29, 1.82) is 0 Å². The maximum Gasteiger partial charge on any atom is 0.316 e. The maximum atomic E-state index is 12.7. The van der Waals surface area contributed by atoms with Crippen LogP contribution < -0.4 is 9.64 Å². The van der Waals surface area contributed by atoms with Gasteiger partial charge in [-0.2, -0.15) is 0 Å². The average molecular weight is 428 g/mol. The molecule has 4 rings (SSSR count). The third-order valence-corrected chi connectivity index (χ3v) is 6.40. The highest BCUT2D eigenvalue weighted by atomic mass is 16.5. The third kappa shape index (κ3) is 4.45. The summed E-state index contributed by atoms with van der Waals surface area (Å²) in [7, 11) is 0. The molecule has 0 saturated carbocycles. The van der Waals surface area contributed by atoms with Crippen molar-refractivity contribution in [2.45, 2.75) is 39.0 Å². The predicted molar refractivity (Wildman–Crippen MR) is 127 cm³/mol. The summed E-state index contributed by atoms with van der Waals surface area (Å²) in [5.41, 5.74) is 4.25. The van der Waals surface area contributed by atoms with Gasteiger partial charge in [0.25, 0.3) is 0 Å². The Morgan fingerprint density at radius 2 is 1.56 bits per heavy atom. The van der Waals surface area contributed by atoms with Crippen LogP contribution in [0.5, 0.6) is 5.75 Å². The molecule has 0 radical (unpaired) electrons. The quantitative estimate of drug-likeness (QED) is 0.384. The van der Waals surface area contributed by atoms with E-state index in [-0.39, 0.29) is 23.7 Å². The van der Waals surface area contributed by atoms with Crippen LogP contribution in [0.25, 0.3) is 0 Å². The molecule has 4 nitrogen and oxygen atoms in total. The second-order valence-corrected chi connectivity index (χ2v) is 8.86. The van der Waals surface area contributed by atoms with Gasteiger partial charge < -0.3 is 9.64 Å². The summed E-state index contributed by atoms with van der Waals surface area (Å²) in [6.45, 7) is 6.80. The predicted octanol–water partition coefficient (Wildman–Crippen LogP) is 5.53. The molecule has 3 aromatic rings. The molecule has 164 valence electrons. The zero-order chi connectivity index (χ0) is 22.7. The van der Waals surface area contributed by atoms with E-state index in [0.29, 0.717) is 12.3 Å². The van der Waals surface area contributed by atoms with Crippen molar-refractivity contribution < 1.29 is 14.3 Å². The third-order valence-electron chi connectivity index (χ3n) is 6.40. The van der Waals surface area contributed by atoms with Gasteiger partial charge in [0, 0.05) is 24.1 Å². The van der Waals surface area contributed by atoms with Gasteiger partial charge in [-0.25, -0.2) is 0 Å². The molecule has 1 saturated heterocycles. The number of amides is 1. The summed E-state index contributed by atoms with van der Waals surface area (Å²) < 4.78 is 5.62. The molecule has 1 amide bonds. The fourth-order valence-electron chi connectivity index (χ4n) is 4.19. The number of anilines is 1. The van der Waals surface area contributed by atoms with Gasteiger partial charge in [-0.15, -0.1) is 0 Å². The van der Waals surface area contributed by atoms with Gasteiger partial charge in [-0.3, -0.25) is 9.59 Å². The Labute approximate surface area is 189 Å². The van der Waals surface area contributed by atoms with Gasteiger partial charge in [0.05, 0.1) is 5.92 Å². The van der Waals surface area contributed by atoms with Crippen molar-refractivity contribution in [2.75, 3.05) is 11.4 Å². The molecule has 1 atom stereocenters. The first-order valence-corrected chi connectivity index (χ1v) is 11.2. The molecule has 0 aromatic heterocycles. The monoisotopic (exact) mass is 427 g/mol. The summed E-state index contributed by atoms with van der Waals surface area (Å²) in [6.07, 6.45) is 1.12. The molecule has 1 aliphatic heterocycles. The second-order valence-electron chi connectivity index (χ2n) is 8.86. The molecular formula is C28H29NO3. The molecule has 0 aliphatic carbocycles. The Bertz CT molecular complexity index is 1090. The normalized spacial score (nSPS) is 16.3. The highest BCUT2D eigenvalue weighted by Gasteiger charge is 2.36. The number of carbonyl (C=O) groups is 2. The van der Waals surface area contributed by atoms with E-state index in [2.05, 4.69) is 32.9 Å². The SMILES string of the molecule is CCc1ccc(N2C[C@@H](C(=O)Oc3ccc(C(C)(C)c4ccccc4)cc3)CC2=O)cc1. The molecular weight excluding hydrogens is 398 g/mol. The fraction of sp³-hybridized carbons (Fsp3) is 0.286. The number of ether oxygens (including phenoxy) is 1. The number of aryl methyl sites for hydroxylation is 1. The molecule has 3 aromatic carbocycles. The molecule has 0 spiro atoms. The Morgan fingerprint density at radius 3 is 2.19 bits per heavy atom. The zero-order valence-electron chi connectivity index (χ0n) is 18.9. The van der Waals surface area contributed by atoms with Gasteiger partial charge in [0.1, 0.15) is 5.75 Å². The lowest BCUT2D eigenvalue weighted by atomic mass is 9.78. The van der Waals surface area contributed by atoms with E-state index in [1.54, 1.807) is 4.90 Å². The zero-order valence-corrected chi connectivity index (χ0v) is 18.9. The van der Waals surface area contributed by atoms with E-state index in [1.165, 1.54) is 11.1 Å². The molecule has 1 aliphatic rings. The van der Waals surface area contributed by atoms with Crippen LogP contribution >= 0.6 is 0 Å². The first kappa shape index (κ1) is 21.8. The van der Waals surface area contributed by atoms with Gasteiger partial charge in [-0.05, 0) is 47.4 Å².